The molecule has 1 aromatic heterocycles. The van der Waals surface area contributed by atoms with Crippen LogP contribution in [0.1, 0.15) is 5.56 Å². The largest absolute Gasteiger partial charge is 0.494 e. The number of rotatable bonds is 2. The van der Waals surface area contributed by atoms with Gasteiger partial charge in [-0.3, -0.25) is 0 Å². The Balaban J connectivity index is 2.79. The summed E-state index contributed by atoms with van der Waals surface area (Å²) in [7, 11) is 1.58. The maximum absolute atomic E-state index is 8.73. The average molecular weight is 251 g/mol. The zero-order valence-corrected chi connectivity index (χ0v) is 10.4. The normalized spacial score (nSPS) is 10.3. The number of benzene rings is 1. The fourth-order valence-corrected chi connectivity index (χ4v) is 3.13. The molecule has 0 aliphatic rings. The third-order valence-electron chi connectivity index (χ3n) is 2.15. The number of hydrogen-bond acceptors (Lipinski definition) is 6. The topological polar surface area (TPSA) is 71.9 Å². The second-order valence-corrected chi connectivity index (χ2v) is 5.01. The summed E-state index contributed by atoms with van der Waals surface area (Å²) in [5.74, 6) is 0.682. The molecule has 0 bridgehead atoms. The molecule has 0 aliphatic heterocycles. The minimum absolute atomic E-state index is 0.510. The molecule has 2 rings (SSSR count). The molecular formula is C10H9N3OS2. The fraction of sp³-hybridized carbons (Fsp3) is 0.200. The van der Waals surface area contributed by atoms with Crippen molar-refractivity contribution in [3.05, 3.63) is 11.6 Å². The Morgan fingerprint density at radius 1 is 1.62 bits per heavy atom. The smallest absolute Gasteiger partial charge is 0.181 e. The first-order valence-electron chi connectivity index (χ1n) is 4.47. The van der Waals surface area contributed by atoms with Gasteiger partial charge in [0.25, 0.3) is 0 Å². The number of thiocyanates is 1. The first-order valence-corrected chi connectivity index (χ1v) is 6.10. The van der Waals surface area contributed by atoms with Gasteiger partial charge in [0.15, 0.2) is 10.9 Å². The Kier molecular flexibility index (Phi) is 2.90. The molecule has 1 aromatic carbocycles. The monoisotopic (exact) mass is 251 g/mol. The van der Waals surface area contributed by atoms with Crippen molar-refractivity contribution in [2.45, 2.75) is 11.8 Å². The van der Waals surface area contributed by atoms with Crippen molar-refractivity contribution in [2.75, 3.05) is 12.8 Å². The Labute approximate surface area is 101 Å². The van der Waals surface area contributed by atoms with E-state index in [1.807, 2.05) is 18.4 Å². The lowest BCUT2D eigenvalue weighted by molar-refractivity contribution is 0.411. The van der Waals surface area contributed by atoms with Crippen LogP contribution in [0.5, 0.6) is 5.75 Å². The highest BCUT2D eigenvalue weighted by Gasteiger charge is 2.15. The van der Waals surface area contributed by atoms with E-state index in [-0.39, 0.29) is 0 Å². The van der Waals surface area contributed by atoms with E-state index in [9.17, 15) is 0 Å². The highest BCUT2D eigenvalue weighted by molar-refractivity contribution is 8.03. The molecule has 16 heavy (non-hydrogen) atoms. The summed E-state index contributed by atoms with van der Waals surface area (Å²) in [6.45, 7) is 1.95. The molecule has 0 saturated heterocycles. The van der Waals surface area contributed by atoms with Crippen molar-refractivity contribution in [1.82, 2.24) is 4.98 Å². The number of nitrogens with two attached hydrogens (primary N) is 1. The van der Waals surface area contributed by atoms with Gasteiger partial charge in [0.05, 0.1) is 22.2 Å². The van der Waals surface area contributed by atoms with E-state index in [0.29, 0.717) is 10.9 Å². The molecule has 0 unspecified atom stereocenters. The van der Waals surface area contributed by atoms with Gasteiger partial charge in [0.2, 0.25) is 0 Å². The third kappa shape index (κ3) is 1.68. The van der Waals surface area contributed by atoms with E-state index in [1.165, 1.54) is 11.3 Å². The molecule has 2 aromatic rings. The minimum Gasteiger partial charge on any atom is -0.494 e. The number of aryl methyl sites for hydroxylation is 1. The Morgan fingerprint density at radius 3 is 3.00 bits per heavy atom. The van der Waals surface area contributed by atoms with Crippen LogP contribution in [0.2, 0.25) is 0 Å². The fourth-order valence-electron chi connectivity index (χ4n) is 1.52. The number of nitriles is 1. The van der Waals surface area contributed by atoms with Crippen molar-refractivity contribution in [3.63, 3.8) is 0 Å². The summed E-state index contributed by atoms with van der Waals surface area (Å²) < 4.78 is 6.22. The highest BCUT2D eigenvalue weighted by atomic mass is 32.2. The summed E-state index contributed by atoms with van der Waals surface area (Å²) in [5.41, 5.74) is 7.54. The molecule has 1 heterocycles. The van der Waals surface area contributed by atoms with Crippen LogP contribution < -0.4 is 10.5 Å². The molecule has 0 fully saturated rings. The third-order valence-corrected chi connectivity index (χ3v) is 3.65. The molecule has 0 atom stereocenters. The first kappa shape index (κ1) is 11.0. The summed E-state index contributed by atoms with van der Waals surface area (Å²) in [4.78, 5) is 5.05. The van der Waals surface area contributed by atoms with Crippen LogP contribution in [0.3, 0.4) is 0 Å². The number of anilines is 1. The number of nitrogen functional groups attached to an aromatic ring is 1. The summed E-state index contributed by atoms with van der Waals surface area (Å²) in [6.07, 6.45) is 0. The predicted octanol–water partition coefficient (Wildman–Crippen LogP) is 2.77. The van der Waals surface area contributed by atoms with Crippen molar-refractivity contribution in [1.29, 1.82) is 5.26 Å². The molecule has 4 nitrogen and oxygen atoms in total. The molecular weight excluding hydrogens is 242 g/mol. The standard InChI is InChI=1S/C10H9N3OS2/c1-5-3-6(15-4-11)8(14-2)9-7(5)13-10(12)16-9/h3H,1-2H3,(H2,12,13). The maximum Gasteiger partial charge on any atom is 0.181 e. The number of nitrogens with zero attached hydrogens (tertiary/aromatic N) is 2. The van der Waals surface area contributed by atoms with E-state index >= 15 is 0 Å². The summed E-state index contributed by atoms with van der Waals surface area (Å²) in [5, 5.41) is 11.3. The quantitative estimate of drug-likeness (QED) is 0.656. The van der Waals surface area contributed by atoms with Crippen LogP contribution in [-0.2, 0) is 0 Å². The maximum atomic E-state index is 8.73. The van der Waals surface area contributed by atoms with Gasteiger partial charge in [-0.1, -0.05) is 11.3 Å². The van der Waals surface area contributed by atoms with Gasteiger partial charge < -0.3 is 10.5 Å². The molecule has 2 N–H and O–H groups in total. The van der Waals surface area contributed by atoms with Crippen LogP contribution >= 0.6 is 23.1 Å². The van der Waals surface area contributed by atoms with Gasteiger partial charge in [-0.05, 0) is 30.3 Å². The molecule has 0 saturated carbocycles. The minimum atomic E-state index is 0.510. The Bertz CT molecular complexity index is 586. The van der Waals surface area contributed by atoms with Crippen LogP contribution in [-0.4, -0.2) is 12.1 Å². The molecule has 0 spiro atoms. The van der Waals surface area contributed by atoms with Gasteiger partial charge in [-0.25, -0.2) is 4.98 Å². The van der Waals surface area contributed by atoms with Crippen LogP contribution in [0.25, 0.3) is 10.2 Å². The second kappa shape index (κ2) is 4.20. The average Bonchev–Trinajstić information content (AvgIpc) is 2.61. The van der Waals surface area contributed by atoms with Crippen LogP contribution in [0.15, 0.2) is 11.0 Å². The van der Waals surface area contributed by atoms with Crippen molar-refractivity contribution in [2.24, 2.45) is 0 Å². The number of thiazole rings is 1. The van der Waals surface area contributed by atoms with E-state index in [2.05, 4.69) is 4.98 Å². The van der Waals surface area contributed by atoms with E-state index in [4.69, 9.17) is 15.7 Å². The lowest BCUT2D eigenvalue weighted by Gasteiger charge is -2.07. The highest BCUT2D eigenvalue weighted by Crippen LogP contribution is 2.41. The predicted molar refractivity (Wildman–Crippen MR) is 66.8 cm³/mol. The van der Waals surface area contributed by atoms with Gasteiger partial charge in [-0.2, -0.15) is 5.26 Å². The SMILES string of the molecule is COc1c(SC#N)cc(C)c2nc(N)sc12. The van der Waals surface area contributed by atoms with Gasteiger partial charge in [-0.15, -0.1) is 0 Å². The van der Waals surface area contributed by atoms with E-state index in [1.54, 1.807) is 7.11 Å². The first-order chi connectivity index (χ1) is 7.67. The number of hydrogen-bond donors (Lipinski definition) is 1. The molecule has 0 radical (unpaired) electrons. The van der Waals surface area contributed by atoms with E-state index in [0.717, 1.165) is 32.4 Å². The Hall–Kier alpha value is -1.45. The molecule has 0 aliphatic carbocycles. The van der Waals surface area contributed by atoms with Crippen LogP contribution in [0.4, 0.5) is 5.13 Å². The number of ether oxygens (including phenoxy) is 1. The summed E-state index contributed by atoms with van der Waals surface area (Å²) in [6, 6.07) is 1.90. The number of fused-ring (bicyclic) bond motifs is 1. The van der Waals surface area contributed by atoms with Gasteiger partial charge >= 0.3 is 0 Å². The Morgan fingerprint density at radius 2 is 2.38 bits per heavy atom. The van der Waals surface area contributed by atoms with Gasteiger partial charge in [0.1, 0.15) is 5.40 Å². The number of methoxy groups -OCH3 is 1. The van der Waals surface area contributed by atoms with Crippen molar-refractivity contribution < 1.29 is 4.74 Å². The molecule has 82 valence electrons. The summed E-state index contributed by atoms with van der Waals surface area (Å²) >= 11 is 2.46. The van der Waals surface area contributed by atoms with Crippen molar-refractivity contribution >= 4 is 38.4 Å². The van der Waals surface area contributed by atoms with Crippen molar-refractivity contribution in [3.8, 4) is 11.2 Å². The number of aromatic nitrogens is 1. The zero-order chi connectivity index (χ0) is 11.7. The number of thioether (sulfide) groups is 1. The lowest BCUT2D eigenvalue weighted by atomic mass is 10.2. The molecule has 6 heteroatoms. The molecule has 0 amide bonds. The van der Waals surface area contributed by atoms with Crippen LogP contribution in [0, 0.1) is 17.6 Å². The lowest BCUT2D eigenvalue weighted by Crippen LogP contribution is -1.88. The zero-order valence-electron chi connectivity index (χ0n) is 8.77. The van der Waals surface area contributed by atoms with Gasteiger partial charge in [0, 0.05) is 0 Å². The second-order valence-electron chi connectivity index (χ2n) is 3.15. The van der Waals surface area contributed by atoms with E-state index < -0.39 is 0 Å².